The molecule has 0 bridgehead atoms. The smallest absolute Gasteiger partial charge is 0.0945 e. The quantitative estimate of drug-likeness (QED) is 0.776. The minimum absolute atomic E-state index is 0.160. The summed E-state index contributed by atoms with van der Waals surface area (Å²) in [6, 6.07) is 8.02. The number of aliphatic hydroxyl groups is 1. The number of hydrogen-bond acceptors (Lipinski definition) is 3. The van der Waals surface area contributed by atoms with Crippen molar-refractivity contribution >= 4 is 5.69 Å². The lowest BCUT2D eigenvalue weighted by molar-refractivity contribution is 0.0112. The van der Waals surface area contributed by atoms with Crippen LogP contribution in [0, 0.1) is 6.92 Å². The molecule has 0 saturated heterocycles. The van der Waals surface area contributed by atoms with E-state index in [1.54, 1.807) is 0 Å². The van der Waals surface area contributed by atoms with Crippen LogP contribution in [-0.4, -0.2) is 30.5 Å². The summed E-state index contributed by atoms with van der Waals surface area (Å²) >= 11 is 0. The van der Waals surface area contributed by atoms with Gasteiger partial charge in [-0.25, -0.2) is 0 Å². The minimum Gasteiger partial charge on any atom is -0.389 e. The Bertz CT molecular complexity index is 313. The highest BCUT2D eigenvalue weighted by Gasteiger charge is 2.05. The van der Waals surface area contributed by atoms with Gasteiger partial charge in [0.1, 0.15) is 0 Å². The van der Waals surface area contributed by atoms with E-state index in [9.17, 15) is 5.11 Å². The lowest BCUT2D eigenvalue weighted by Crippen LogP contribution is -2.26. The molecule has 16 heavy (non-hydrogen) atoms. The molecule has 1 aromatic carbocycles. The molecule has 0 saturated carbocycles. The summed E-state index contributed by atoms with van der Waals surface area (Å²) in [5.74, 6) is 0. The van der Waals surface area contributed by atoms with Crippen molar-refractivity contribution in [2.75, 3.05) is 18.5 Å². The van der Waals surface area contributed by atoms with Crippen molar-refractivity contribution in [3.63, 3.8) is 0 Å². The lowest BCUT2D eigenvalue weighted by Gasteiger charge is -2.15. The molecular formula is C13H21NO2. The van der Waals surface area contributed by atoms with Crippen LogP contribution in [0.25, 0.3) is 0 Å². The van der Waals surface area contributed by atoms with Crippen LogP contribution in [-0.2, 0) is 4.74 Å². The second-order valence-electron chi connectivity index (χ2n) is 4.23. The number of para-hydroxylation sites is 1. The molecule has 0 heterocycles. The molecule has 0 aliphatic heterocycles. The number of aryl methyl sites for hydroxylation is 1. The number of rotatable bonds is 6. The first-order chi connectivity index (χ1) is 7.59. The van der Waals surface area contributed by atoms with E-state index in [0.717, 1.165) is 5.69 Å². The van der Waals surface area contributed by atoms with E-state index < -0.39 is 6.10 Å². The molecule has 0 fully saturated rings. The standard InChI is InChI=1S/C13H21NO2/c1-10(2)16-9-12(15)8-14-13-7-5-4-6-11(13)3/h4-7,10,12,14-15H,8-9H2,1-3H3. The zero-order valence-corrected chi connectivity index (χ0v) is 10.2. The number of nitrogens with one attached hydrogen (secondary N) is 1. The molecule has 0 aliphatic rings. The minimum atomic E-state index is -0.470. The highest BCUT2D eigenvalue weighted by atomic mass is 16.5. The predicted molar refractivity (Wildman–Crippen MR) is 66.8 cm³/mol. The Balaban J connectivity index is 2.31. The predicted octanol–water partition coefficient (Wildman–Crippen LogP) is 2.19. The van der Waals surface area contributed by atoms with Crippen LogP contribution in [0.2, 0.25) is 0 Å². The van der Waals surface area contributed by atoms with Gasteiger partial charge in [-0.3, -0.25) is 0 Å². The zero-order valence-electron chi connectivity index (χ0n) is 10.2. The summed E-state index contributed by atoms with van der Waals surface area (Å²) in [7, 11) is 0. The average molecular weight is 223 g/mol. The molecule has 1 unspecified atom stereocenters. The highest BCUT2D eigenvalue weighted by molar-refractivity contribution is 5.50. The maximum absolute atomic E-state index is 9.66. The third-order valence-corrected chi connectivity index (χ3v) is 2.30. The zero-order chi connectivity index (χ0) is 12.0. The molecule has 1 atom stereocenters. The molecule has 3 heteroatoms. The second kappa shape index (κ2) is 6.51. The largest absolute Gasteiger partial charge is 0.389 e. The first-order valence-corrected chi connectivity index (χ1v) is 5.68. The van der Waals surface area contributed by atoms with Gasteiger partial charge in [-0.15, -0.1) is 0 Å². The van der Waals surface area contributed by atoms with Crippen LogP contribution in [0.3, 0.4) is 0 Å². The third kappa shape index (κ3) is 4.64. The van der Waals surface area contributed by atoms with E-state index in [2.05, 4.69) is 5.32 Å². The van der Waals surface area contributed by atoms with Gasteiger partial charge < -0.3 is 15.2 Å². The Labute approximate surface area is 97.4 Å². The van der Waals surface area contributed by atoms with Gasteiger partial charge in [0.25, 0.3) is 0 Å². The first kappa shape index (κ1) is 13.0. The molecule has 0 aromatic heterocycles. The Morgan fingerprint density at radius 2 is 2.00 bits per heavy atom. The van der Waals surface area contributed by atoms with Crippen molar-refractivity contribution < 1.29 is 9.84 Å². The van der Waals surface area contributed by atoms with Crippen LogP contribution in [0.5, 0.6) is 0 Å². The molecule has 0 aliphatic carbocycles. The molecule has 1 rings (SSSR count). The number of benzene rings is 1. The van der Waals surface area contributed by atoms with Gasteiger partial charge in [-0.2, -0.15) is 0 Å². The van der Waals surface area contributed by atoms with E-state index in [1.807, 2.05) is 45.0 Å². The van der Waals surface area contributed by atoms with E-state index >= 15 is 0 Å². The van der Waals surface area contributed by atoms with Crippen molar-refractivity contribution in [3.8, 4) is 0 Å². The van der Waals surface area contributed by atoms with E-state index in [4.69, 9.17) is 4.74 Å². The molecule has 0 radical (unpaired) electrons. The maximum atomic E-state index is 9.66. The molecule has 3 nitrogen and oxygen atoms in total. The van der Waals surface area contributed by atoms with Gasteiger partial charge in [0.2, 0.25) is 0 Å². The molecule has 0 spiro atoms. The Morgan fingerprint density at radius 3 is 2.62 bits per heavy atom. The summed E-state index contributed by atoms with van der Waals surface area (Å²) in [5.41, 5.74) is 2.24. The van der Waals surface area contributed by atoms with Gasteiger partial charge >= 0.3 is 0 Å². The fraction of sp³-hybridized carbons (Fsp3) is 0.538. The SMILES string of the molecule is Cc1ccccc1NCC(O)COC(C)C. The van der Waals surface area contributed by atoms with Crippen LogP contribution in [0.4, 0.5) is 5.69 Å². The maximum Gasteiger partial charge on any atom is 0.0945 e. The fourth-order valence-electron chi connectivity index (χ4n) is 1.36. The number of anilines is 1. The van der Waals surface area contributed by atoms with E-state index in [-0.39, 0.29) is 6.10 Å². The third-order valence-electron chi connectivity index (χ3n) is 2.30. The molecule has 1 aromatic rings. The van der Waals surface area contributed by atoms with Gasteiger partial charge in [0.15, 0.2) is 0 Å². The van der Waals surface area contributed by atoms with Gasteiger partial charge in [0, 0.05) is 12.2 Å². The summed E-state index contributed by atoms with van der Waals surface area (Å²) < 4.78 is 5.33. The van der Waals surface area contributed by atoms with Crippen molar-refractivity contribution in [3.05, 3.63) is 29.8 Å². The number of aliphatic hydroxyl groups excluding tert-OH is 1. The second-order valence-corrected chi connectivity index (χ2v) is 4.23. The van der Waals surface area contributed by atoms with Crippen LogP contribution >= 0.6 is 0 Å². The lowest BCUT2D eigenvalue weighted by atomic mass is 10.2. The number of ether oxygens (including phenoxy) is 1. The summed E-state index contributed by atoms with van der Waals surface area (Å²) in [4.78, 5) is 0. The summed E-state index contributed by atoms with van der Waals surface area (Å²) in [6.45, 7) is 6.84. The van der Waals surface area contributed by atoms with Crippen LogP contribution in [0.1, 0.15) is 19.4 Å². The monoisotopic (exact) mass is 223 g/mol. The first-order valence-electron chi connectivity index (χ1n) is 5.68. The van der Waals surface area contributed by atoms with E-state index in [0.29, 0.717) is 13.2 Å². The van der Waals surface area contributed by atoms with Gasteiger partial charge in [-0.05, 0) is 32.4 Å². The molecule has 2 N–H and O–H groups in total. The normalized spacial score (nSPS) is 12.8. The highest BCUT2D eigenvalue weighted by Crippen LogP contribution is 2.12. The van der Waals surface area contributed by atoms with Crippen molar-refractivity contribution in [2.45, 2.75) is 33.0 Å². The van der Waals surface area contributed by atoms with E-state index in [1.165, 1.54) is 5.56 Å². The molecule has 90 valence electrons. The number of hydrogen-bond donors (Lipinski definition) is 2. The van der Waals surface area contributed by atoms with Gasteiger partial charge in [0.05, 0.1) is 18.8 Å². The van der Waals surface area contributed by atoms with Gasteiger partial charge in [-0.1, -0.05) is 18.2 Å². The fourth-order valence-corrected chi connectivity index (χ4v) is 1.36. The summed E-state index contributed by atoms with van der Waals surface area (Å²) in [6.07, 6.45) is -0.310. The van der Waals surface area contributed by atoms with Crippen LogP contribution in [0.15, 0.2) is 24.3 Å². The van der Waals surface area contributed by atoms with Crippen LogP contribution < -0.4 is 5.32 Å². The van der Waals surface area contributed by atoms with Crippen molar-refractivity contribution in [2.24, 2.45) is 0 Å². The van der Waals surface area contributed by atoms with Crippen molar-refractivity contribution in [1.29, 1.82) is 0 Å². The Morgan fingerprint density at radius 1 is 1.31 bits per heavy atom. The Kier molecular flexibility index (Phi) is 5.29. The Hall–Kier alpha value is -1.06. The topological polar surface area (TPSA) is 41.5 Å². The molecular weight excluding hydrogens is 202 g/mol. The molecule has 0 amide bonds. The summed E-state index contributed by atoms with van der Waals surface area (Å²) in [5, 5.41) is 12.9. The van der Waals surface area contributed by atoms with Crippen molar-refractivity contribution in [1.82, 2.24) is 0 Å². The average Bonchev–Trinajstić information content (AvgIpc) is 2.25.